The van der Waals surface area contributed by atoms with E-state index in [-0.39, 0.29) is 11.6 Å². The molecule has 2 N–H and O–H groups in total. The van der Waals surface area contributed by atoms with E-state index in [0.717, 1.165) is 32.4 Å². The van der Waals surface area contributed by atoms with Crippen LogP contribution >= 0.6 is 0 Å². The number of sulfone groups is 1. The fourth-order valence-corrected chi connectivity index (χ4v) is 5.18. The van der Waals surface area contributed by atoms with Crippen LogP contribution in [-0.2, 0) is 9.84 Å². The summed E-state index contributed by atoms with van der Waals surface area (Å²) in [6.45, 7) is 6.19. The Hall–Kier alpha value is -0.130. The summed E-state index contributed by atoms with van der Waals surface area (Å²) in [6.07, 6.45) is 3.00. The second kappa shape index (κ2) is 4.52. The van der Waals surface area contributed by atoms with Crippen molar-refractivity contribution in [1.82, 2.24) is 4.90 Å². The van der Waals surface area contributed by atoms with Crippen LogP contribution in [0.15, 0.2) is 0 Å². The highest BCUT2D eigenvalue weighted by Gasteiger charge is 2.41. The van der Waals surface area contributed by atoms with Crippen LogP contribution in [0.4, 0.5) is 0 Å². The molecule has 2 atom stereocenters. The molecule has 0 saturated carbocycles. The van der Waals surface area contributed by atoms with Crippen molar-refractivity contribution in [3.8, 4) is 0 Å². The number of piperidine rings is 1. The second-order valence-corrected chi connectivity index (χ2v) is 8.39. The largest absolute Gasteiger partial charge is 0.330 e. The summed E-state index contributed by atoms with van der Waals surface area (Å²) in [7, 11) is -2.78. The van der Waals surface area contributed by atoms with E-state index >= 15 is 0 Å². The summed E-state index contributed by atoms with van der Waals surface area (Å²) in [6, 6.07) is 0.230. The lowest BCUT2D eigenvalue weighted by molar-refractivity contribution is 0.0192. The van der Waals surface area contributed by atoms with E-state index < -0.39 is 9.84 Å². The van der Waals surface area contributed by atoms with Crippen LogP contribution in [0.3, 0.4) is 0 Å². The van der Waals surface area contributed by atoms with E-state index in [1.54, 1.807) is 0 Å². The third-order valence-corrected chi connectivity index (χ3v) is 6.08. The Labute approximate surface area is 104 Å². The Bertz CT molecular complexity index is 378. The van der Waals surface area contributed by atoms with Crippen LogP contribution in [0.2, 0.25) is 0 Å². The Morgan fingerprint density at radius 1 is 1.35 bits per heavy atom. The van der Waals surface area contributed by atoms with Crippen molar-refractivity contribution in [2.24, 2.45) is 11.7 Å². The maximum Gasteiger partial charge on any atom is 0.151 e. The van der Waals surface area contributed by atoms with Crippen LogP contribution < -0.4 is 5.73 Å². The van der Waals surface area contributed by atoms with Crippen molar-refractivity contribution >= 4 is 9.84 Å². The second-order valence-electron chi connectivity index (χ2n) is 6.16. The standard InChI is InChI=1S/C12H24N2O2S/c1-12(2)7-10(8-13)3-5-14(12)11-4-6-17(15,16)9-11/h10-11H,3-9,13H2,1-2H3. The van der Waals surface area contributed by atoms with E-state index in [2.05, 4.69) is 18.7 Å². The molecular formula is C12H24N2O2S. The van der Waals surface area contributed by atoms with Gasteiger partial charge in [0.05, 0.1) is 11.5 Å². The lowest BCUT2D eigenvalue weighted by Crippen LogP contribution is -2.55. The van der Waals surface area contributed by atoms with Crippen LogP contribution in [-0.4, -0.2) is 49.5 Å². The Morgan fingerprint density at radius 2 is 2.06 bits per heavy atom. The van der Waals surface area contributed by atoms with Crippen LogP contribution in [0.5, 0.6) is 0 Å². The van der Waals surface area contributed by atoms with Gasteiger partial charge in [0.1, 0.15) is 0 Å². The first-order chi connectivity index (χ1) is 7.84. The summed E-state index contributed by atoms with van der Waals surface area (Å²) < 4.78 is 23.1. The van der Waals surface area contributed by atoms with Gasteiger partial charge >= 0.3 is 0 Å². The Morgan fingerprint density at radius 3 is 2.53 bits per heavy atom. The van der Waals surface area contributed by atoms with Gasteiger partial charge in [0.2, 0.25) is 0 Å². The normalized spacial score (nSPS) is 37.1. The summed E-state index contributed by atoms with van der Waals surface area (Å²) >= 11 is 0. The number of hydrogen-bond donors (Lipinski definition) is 1. The predicted molar refractivity (Wildman–Crippen MR) is 69.6 cm³/mol. The van der Waals surface area contributed by atoms with Gasteiger partial charge in [-0.2, -0.15) is 0 Å². The third kappa shape index (κ3) is 2.83. The SMILES string of the molecule is CC1(C)CC(CN)CCN1C1CCS(=O)(=O)C1. The number of likely N-dealkylation sites (tertiary alicyclic amines) is 1. The minimum absolute atomic E-state index is 0.0901. The number of hydrogen-bond acceptors (Lipinski definition) is 4. The highest BCUT2D eigenvalue weighted by atomic mass is 32.2. The van der Waals surface area contributed by atoms with E-state index in [0.29, 0.717) is 17.4 Å². The first-order valence-corrected chi connectivity index (χ1v) is 8.33. The molecule has 0 bridgehead atoms. The van der Waals surface area contributed by atoms with Crippen molar-refractivity contribution in [3.63, 3.8) is 0 Å². The molecule has 2 aliphatic rings. The third-order valence-electron chi connectivity index (χ3n) is 4.33. The molecule has 2 saturated heterocycles. The quantitative estimate of drug-likeness (QED) is 0.791. The molecule has 0 spiro atoms. The number of nitrogens with two attached hydrogens (primary N) is 1. The minimum Gasteiger partial charge on any atom is -0.330 e. The predicted octanol–water partition coefficient (Wildman–Crippen LogP) is 0.623. The average Bonchev–Trinajstić information content (AvgIpc) is 2.57. The molecule has 0 aromatic heterocycles. The van der Waals surface area contributed by atoms with Crippen molar-refractivity contribution in [2.75, 3.05) is 24.6 Å². The molecule has 0 amide bonds. The molecule has 0 radical (unpaired) electrons. The first-order valence-electron chi connectivity index (χ1n) is 6.51. The molecule has 17 heavy (non-hydrogen) atoms. The first kappa shape index (κ1) is 13.3. The molecule has 2 aliphatic heterocycles. The topological polar surface area (TPSA) is 63.4 Å². The molecule has 2 fully saturated rings. The van der Waals surface area contributed by atoms with Gasteiger partial charge < -0.3 is 5.73 Å². The van der Waals surface area contributed by atoms with Crippen molar-refractivity contribution in [2.45, 2.75) is 44.7 Å². The van der Waals surface area contributed by atoms with Crippen LogP contribution in [0.1, 0.15) is 33.1 Å². The number of rotatable bonds is 2. The lowest BCUT2D eigenvalue weighted by atomic mass is 9.81. The summed E-state index contributed by atoms with van der Waals surface area (Å²) in [5.74, 6) is 1.31. The molecular weight excluding hydrogens is 236 g/mol. The fourth-order valence-electron chi connectivity index (χ4n) is 3.45. The van der Waals surface area contributed by atoms with Gasteiger partial charge in [-0.05, 0) is 52.1 Å². The highest BCUT2D eigenvalue weighted by molar-refractivity contribution is 7.91. The summed E-state index contributed by atoms with van der Waals surface area (Å²) in [5, 5.41) is 0. The molecule has 4 nitrogen and oxygen atoms in total. The minimum atomic E-state index is -2.78. The average molecular weight is 260 g/mol. The smallest absolute Gasteiger partial charge is 0.151 e. The van der Waals surface area contributed by atoms with E-state index in [1.807, 2.05) is 0 Å². The monoisotopic (exact) mass is 260 g/mol. The van der Waals surface area contributed by atoms with Gasteiger partial charge in [-0.25, -0.2) is 8.42 Å². The maximum absolute atomic E-state index is 11.6. The van der Waals surface area contributed by atoms with E-state index in [4.69, 9.17) is 5.73 Å². The zero-order valence-corrected chi connectivity index (χ0v) is 11.7. The van der Waals surface area contributed by atoms with Gasteiger partial charge in [-0.1, -0.05) is 0 Å². The highest BCUT2D eigenvalue weighted by Crippen LogP contribution is 2.35. The van der Waals surface area contributed by atoms with E-state index in [9.17, 15) is 8.42 Å². The maximum atomic E-state index is 11.6. The summed E-state index contributed by atoms with van der Waals surface area (Å²) in [4.78, 5) is 2.41. The number of nitrogens with zero attached hydrogens (tertiary/aromatic N) is 1. The zero-order valence-electron chi connectivity index (χ0n) is 10.9. The van der Waals surface area contributed by atoms with Crippen molar-refractivity contribution in [3.05, 3.63) is 0 Å². The molecule has 2 heterocycles. The van der Waals surface area contributed by atoms with Crippen LogP contribution in [0.25, 0.3) is 0 Å². The van der Waals surface area contributed by atoms with Crippen molar-refractivity contribution < 1.29 is 8.42 Å². The van der Waals surface area contributed by atoms with E-state index in [1.165, 1.54) is 0 Å². The molecule has 0 aliphatic carbocycles. The molecule has 0 aromatic rings. The van der Waals surface area contributed by atoms with Gasteiger partial charge in [0.25, 0.3) is 0 Å². The summed E-state index contributed by atoms with van der Waals surface area (Å²) in [5.41, 5.74) is 5.84. The van der Waals surface area contributed by atoms with Crippen molar-refractivity contribution in [1.29, 1.82) is 0 Å². The van der Waals surface area contributed by atoms with Gasteiger partial charge in [0, 0.05) is 11.6 Å². The molecule has 100 valence electrons. The molecule has 0 aromatic carbocycles. The molecule has 2 unspecified atom stereocenters. The van der Waals surface area contributed by atoms with Gasteiger partial charge in [-0.3, -0.25) is 4.90 Å². The Balaban J connectivity index is 2.07. The van der Waals surface area contributed by atoms with Crippen LogP contribution in [0, 0.1) is 5.92 Å². The lowest BCUT2D eigenvalue weighted by Gasteiger charge is -2.48. The van der Waals surface area contributed by atoms with Gasteiger partial charge in [0.15, 0.2) is 9.84 Å². The Kier molecular flexibility index (Phi) is 3.54. The fraction of sp³-hybridized carbons (Fsp3) is 1.00. The molecule has 5 heteroatoms. The molecule has 2 rings (SSSR count). The van der Waals surface area contributed by atoms with Gasteiger partial charge in [-0.15, -0.1) is 0 Å². The zero-order chi connectivity index (χ0) is 12.7.